The average Bonchev–Trinajstić information content (AvgIpc) is 1.27. The van der Waals surface area contributed by atoms with Gasteiger partial charge in [0.25, 0.3) is 0 Å². The van der Waals surface area contributed by atoms with Crippen LogP contribution in [0.2, 0.25) is 0 Å². The zero-order chi connectivity index (χ0) is 5.86. The van der Waals surface area contributed by atoms with Crippen LogP contribution in [0.25, 0.3) is 0 Å². The maximum absolute atomic E-state index is 9.98. The summed E-state index contributed by atoms with van der Waals surface area (Å²) < 4.78 is 0. The van der Waals surface area contributed by atoms with Gasteiger partial charge in [-0.1, -0.05) is 6.92 Å². The van der Waals surface area contributed by atoms with Gasteiger partial charge in [-0.2, -0.15) is 0 Å². The molecule has 0 heterocycles. The Morgan fingerprint density at radius 2 is 1.88 bits per heavy atom. The second-order valence-electron chi connectivity index (χ2n) is 1.37. The third-order valence-electron chi connectivity index (χ3n) is 0.407. The van der Waals surface area contributed by atoms with Crippen LogP contribution < -0.4 is 5.11 Å². The molecule has 0 aromatic carbocycles. The van der Waals surface area contributed by atoms with Crippen LogP contribution >= 0.6 is 0 Å². The van der Waals surface area contributed by atoms with Crippen LogP contribution in [0.3, 0.4) is 0 Å². The molecule has 8 heavy (non-hydrogen) atoms. The Labute approximate surface area is 58.5 Å². The minimum absolute atomic E-state index is 0. The van der Waals surface area contributed by atoms with Crippen molar-refractivity contribution in [1.29, 1.82) is 0 Å². The predicted molar refractivity (Wildman–Crippen MR) is 24.4 cm³/mol. The number of allylic oxidation sites excluding steroid dienone is 2. The monoisotopic (exact) mass is 157 g/mol. The molecule has 0 rings (SSSR count). The number of rotatable bonds is 1. The molecule has 0 aliphatic heterocycles. The first-order valence-corrected chi connectivity index (χ1v) is 1.99. The summed E-state index contributed by atoms with van der Waals surface area (Å²) in [4.78, 5) is 9.98. The van der Waals surface area contributed by atoms with Gasteiger partial charge in [-0.3, -0.25) is 4.79 Å². The molecule has 0 aliphatic rings. The molecule has 0 radical (unpaired) electrons. The maximum Gasteiger partial charge on any atom is 2.00 e. The SMILES string of the molecule is CC(=O)/C=C(/C)[O-].[Ni+2]. The Morgan fingerprint density at radius 3 is 1.88 bits per heavy atom. The molecule has 2 nitrogen and oxygen atoms in total. The van der Waals surface area contributed by atoms with Gasteiger partial charge in [0.1, 0.15) is 0 Å². The third kappa shape index (κ3) is 9.20. The molecule has 48 valence electrons. The summed E-state index contributed by atoms with van der Waals surface area (Å²) in [5.41, 5.74) is 0. The van der Waals surface area contributed by atoms with E-state index in [2.05, 4.69) is 0 Å². The van der Waals surface area contributed by atoms with Crippen molar-refractivity contribution < 1.29 is 26.4 Å². The van der Waals surface area contributed by atoms with Crippen LogP contribution in [0, 0.1) is 0 Å². The zero-order valence-electron chi connectivity index (χ0n) is 4.71. The quantitative estimate of drug-likeness (QED) is 0.302. The van der Waals surface area contributed by atoms with Crippen molar-refractivity contribution in [3.05, 3.63) is 11.8 Å². The van der Waals surface area contributed by atoms with Crippen LogP contribution in [0.5, 0.6) is 0 Å². The van der Waals surface area contributed by atoms with E-state index in [0.29, 0.717) is 0 Å². The Bertz CT molecular complexity index is 103. The van der Waals surface area contributed by atoms with Gasteiger partial charge in [-0.05, 0) is 13.0 Å². The summed E-state index contributed by atoms with van der Waals surface area (Å²) in [5.74, 6) is -0.375. The first-order chi connectivity index (χ1) is 3.13. The molecule has 0 N–H and O–H groups in total. The van der Waals surface area contributed by atoms with Crippen molar-refractivity contribution >= 4 is 5.78 Å². The van der Waals surface area contributed by atoms with E-state index in [0.717, 1.165) is 6.08 Å². The Hall–Kier alpha value is -0.296. The molecule has 0 bridgehead atoms. The molecular formula is C5H7NiO2+. The normalized spacial score (nSPS) is 10.0. The molecule has 0 aromatic heterocycles. The molecule has 0 saturated heterocycles. The largest absolute Gasteiger partial charge is 2.00 e. The van der Waals surface area contributed by atoms with Crippen molar-refractivity contribution in [2.45, 2.75) is 13.8 Å². The van der Waals surface area contributed by atoms with Gasteiger partial charge in [-0.15, -0.1) is 5.76 Å². The van der Waals surface area contributed by atoms with Gasteiger partial charge in [-0.25, -0.2) is 0 Å². The second kappa shape index (κ2) is 4.85. The second-order valence-corrected chi connectivity index (χ2v) is 1.37. The summed E-state index contributed by atoms with van der Waals surface area (Å²) >= 11 is 0. The molecule has 0 aliphatic carbocycles. The Kier molecular flexibility index (Phi) is 6.46. The third-order valence-corrected chi connectivity index (χ3v) is 0.407. The number of ketones is 1. The maximum atomic E-state index is 9.98. The van der Waals surface area contributed by atoms with Crippen LogP contribution in [-0.2, 0) is 21.3 Å². The van der Waals surface area contributed by atoms with Crippen LogP contribution in [-0.4, -0.2) is 5.78 Å². The van der Waals surface area contributed by atoms with Gasteiger partial charge < -0.3 is 5.11 Å². The Morgan fingerprint density at radius 1 is 1.50 bits per heavy atom. The number of hydrogen-bond donors (Lipinski definition) is 0. The van der Waals surface area contributed by atoms with Gasteiger partial charge in [0, 0.05) is 0 Å². The molecule has 3 heteroatoms. The van der Waals surface area contributed by atoms with Gasteiger partial charge in [0.2, 0.25) is 0 Å². The first kappa shape index (κ1) is 10.6. The summed E-state index contributed by atoms with van der Waals surface area (Å²) in [6.45, 7) is 2.70. The van der Waals surface area contributed by atoms with Gasteiger partial charge in [0.15, 0.2) is 5.78 Å². The fourth-order valence-electron chi connectivity index (χ4n) is 0.286. The standard InChI is InChI=1S/C5H8O2.Ni/c1-4(6)3-5(2)7;/h3,6H,1-2H3;/q;+2/p-1/b4-3-;. The summed E-state index contributed by atoms with van der Waals surface area (Å²) in [6, 6.07) is 0. The van der Waals surface area contributed by atoms with E-state index in [1.54, 1.807) is 0 Å². The van der Waals surface area contributed by atoms with Gasteiger partial charge in [0.05, 0.1) is 0 Å². The zero-order valence-corrected chi connectivity index (χ0v) is 5.70. The van der Waals surface area contributed by atoms with E-state index in [1.165, 1.54) is 13.8 Å². The molecule has 0 fully saturated rings. The van der Waals surface area contributed by atoms with Crippen LogP contribution in [0.4, 0.5) is 0 Å². The molecule has 0 aromatic rings. The van der Waals surface area contributed by atoms with Crippen molar-refractivity contribution in [3.8, 4) is 0 Å². The molecule has 0 unspecified atom stereocenters. The van der Waals surface area contributed by atoms with Crippen molar-refractivity contribution in [3.63, 3.8) is 0 Å². The minimum Gasteiger partial charge on any atom is -0.876 e. The average molecular weight is 158 g/mol. The first-order valence-electron chi connectivity index (χ1n) is 1.99. The van der Waals surface area contributed by atoms with E-state index in [1.807, 2.05) is 0 Å². The summed E-state index contributed by atoms with van der Waals surface area (Å²) in [6.07, 6.45) is 1.06. The Balaban J connectivity index is 0. The topological polar surface area (TPSA) is 40.1 Å². The van der Waals surface area contributed by atoms with Crippen molar-refractivity contribution in [2.75, 3.05) is 0 Å². The molecule has 0 saturated carbocycles. The molecule has 0 amide bonds. The number of hydrogen-bond acceptors (Lipinski definition) is 2. The fraction of sp³-hybridized carbons (Fsp3) is 0.400. The van der Waals surface area contributed by atoms with Gasteiger partial charge >= 0.3 is 16.5 Å². The number of carbonyl (C=O) groups is 1. The van der Waals surface area contributed by atoms with Crippen LogP contribution in [0.1, 0.15) is 13.8 Å². The van der Waals surface area contributed by atoms with Crippen LogP contribution in [0.15, 0.2) is 11.8 Å². The van der Waals surface area contributed by atoms with E-state index < -0.39 is 0 Å². The smallest absolute Gasteiger partial charge is 0.876 e. The van der Waals surface area contributed by atoms with E-state index in [4.69, 9.17) is 0 Å². The van der Waals surface area contributed by atoms with E-state index in [9.17, 15) is 9.90 Å². The molecular weight excluding hydrogens is 151 g/mol. The number of carbonyl (C=O) groups excluding carboxylic acids is 1. The molecule has 0 spiro atoms. The fourth-order valence-corrected chi connectivity index (χ4v) is 0.286. The van der Waals surface area contributed by atoms with Crippen molar-refractivity contribution in [1.82, 2.24) is 0 Å². The molecule has 0 atom stereocenters. The minimum atomic E-state index is -0.187. The van der Waals surface area contributed by atoms with E-state index in [-0.39, 0.29) is 28.0 Å². The van der Waals surface area contributed by atoms with E-state index >= 15 is 0 Å². The van der Waals surface area contributed by atoms with Crippen molar-refractivity contribution in [2.24, 2.45) is 0 Å². The summed E-state index contributed by atoms with van der Waals surface area (Å²) in [7, 11) is 0. The summed E-state index contributed by atoms with van der Waals surface area (Å²) in [5, 5.41) is 9.98. The predicted octanol–water partition coefficient (Wildman–Crippen LogP) is -0.163.